The van der Waals surface area contributed by atoms with Gasteiger partial charge in [-0.3, -0.25) is 14.6 Å². The summed E-state index contributed by atoms with van der Waals surface area (Å²) in [6.45, 7) is 0.345. The van der Waals surface area contributed by atoms with Crippen LogP contribution in [-0.2, 0) is 14.8 Å². The fourth-order valence-corrected chi connectivity index (χ4v) is 6.92. The molecule has 5 rings (SSSR count). The van der Waals surface area contributed by atoms with Crippen molar-refractivity contribution in [3.05, 3.63) is 60.2 Å². The lowest BCUT2D eigenvalue weighted by atomic mass is 9.88. The topological polar surface area (TPSA) is 108 Å². The zero-order valence-corrected chi connectivity index (χ0v) is 20.4. The second-order valence-electron chi connectivity index (χ2n) is 9.54. The Hall–Kier alpha value is -3.04. The molecule has 2 heterocycles. The van der Waals surface area contributed by atoms with Gasteiger partial charge in [0.2, 0.25) is 10.0 Å². The highest BCUT2D eigenvalue weighted by Gasteiger charge is 2.48. The van der Waals surface area contributed by atoms with Gasteiger partial charge in [0, 0.05) is 24.7 Å². The molecule has 2 aliphatic heterocycles. The number of benzene rings is 2. The van der Waals surface area contributed by atoms with Gasteiger partial charge < -0.3 is 10.6 Å². The van der Waals surface area contributed by atoms with Gasteiger partial charge >= 0.3 is 0 Å². The molecule has 0 atom stereocenters. The highest BCUT2D eigenvalue weighted by atomic mass is 32.2. The predicted molar refractivity (Wildman–Crippen MR) is 134 cm³/mol. The van der Waals surface area contributed by atoms with Crippen LogP contribution in [0.2, 0.25) is 0 Å². The van der Waals surface area contributed by atoms with E-state index in [1.54, 1.807) is 36.4 Å². The highest BCUT2D eigenvalue weighted by molar-refractivity contribution is 7.89. The third kappa shape index (κ3) is 4.62. The Kier molecular flexibility index (Phi) is 6.46. The van der Waals surface area contributed by atoms with Gasteiger partial charge in [0.25, 0.3) is 11.8 Å². The summed E-state index contributed by atoms with van der Waals surface area (Å²) in [5.41, 5.74) is -0.209. The van der Waals surface area contributed by atoms with E-state index in [1.807, 2.05) is 6.07 Å². The van der Waals surface area contributed by atoms with Crippen LogP contribution in [0.15, 0.2) is 64.5 Å². The van der Waals surface area contributed by atoms with Gasteiger partial charge in [-0.1, -0.05) is 49.6 Å². The lowest BCUT2D eigenvalue weighted by Crippen LogP contribution is -2.50. The number of piperidine rings is 1. The number of carbonyl (C=O) groups is 2. The number of nitrogens with one attached hydrogen (secondary N) is 2. The molecule has 2 aromatic rings. The van der Waals surface area contributed by atoms with Gasteiger partial charge in [-0.05, 0) is 49.9 Å². The number of sulfonamides is 1. The Bertz CT molecular complexity index is 1250. The minimum atomic E-state index is -3.94. The van der Waals surface area contributed by atoms with E-state index in [0.29, 0.717) is 24.4 Å². The zero-order chi connectivity index (χ0) is 24.5. The average molecular weight is 495 g/mol. The van der Waals surface area contributed by atoms with E-state index in [9.17, 15) is 18.0 Å². The van der Waals surface area contributed by atoms with Crippen LogP contribution in [0.25, 0.3) is 0 Å². The quantitative estimate of drug-likeness (QED) is 0.662. The molecule has 8 nitrogen and oxygen atoms in total. The van der Waals surface area contributed by atoms with Crippen molar-refractivity contribution in [2.75, 3.05) is 18.4 Å². The standard InChI is InChI=1S/C26H30N4O4S/c31-24(27-20-11-5-2-6-12-20)21-13-7-8-14-22(21)35(33,34)30-17-15-26(16-18-30)25(32)28-23(29-26)19-9-3-1-4-10-19/h2,5-8,11-14,19H,1,3-4,9-10,15-18H2,(H,27,31)(H,28,29,32). The van der Waals surface area contributed by atoms with Crippen LogP contribution in [-0.4, -0.2) is 49.0 Å². The third-order valence-corrected chi connectivity index (χ3v) is 9.28. The molecule has 9 heteroatoms. The maximum Gasteiger partial charge on any atom is 0.257 e. The summed E-state index contributed by atoms with van der Waals surface area (Å²) in [4.78, 5) is 30.6. The molecule has 2 fully saturated rings. The molecule has 1 saturated heterocycles. The Morgan fingerprint density at radius 1 is 0.971 bits per heavy atom. The van der Waals surface area contributed by atoms with E-state index in [0.717, 1.165) is 31.5 Å². The maximum absolute atomic E-state index is 13.6. The molecule has 2 N–H and O–H groups in total. The zero-order valence-electron chi connectivity index (χ0n) is 19.6. The van der Waals surface area contributed by atoms with Crippen LogP contribution in [0.4, 0.5) is 5.69 Å². The molecule has 0 unspecified atom stereocenters. The molecular weight excluding hydrogens is 464 g/mol. The fourth-order valence-electron chi connectivity index (χ4n) is 5.28. The molecule has 2 aromatic carbocycles. The highest BCUT2D eigenvalue weighted by Crippen LogP contribution is 2.36. The van der Waals surface area contributed by atoms with Gasteiger partial charge in [-0.15, -0.1) is 0 Å². The molecule has 1 aliphatic carbocycles. The molecule has 0 bridgehead atoms. The molecule has 35 heavy (non-hydrogen) atoms. The SMILES string of the molecule is O=C(Nc1ccccc1)c1ccccc1S(=O)(=O)N1CCC2(CC1)N=C(C1CCCCC1)NC2=O. The lowest BCUT2D eigenvalue weighted by Gasteiger charge is -2.35. The van der Waals surface area contributed by atoms with Crippen LogP contribution in [0.1, 0.15) is 55.3 Å². The Balaban J connectivity index is 1.33. The lowest BCUT2D eigenvalue weighted by molar-refractivity contribution is -0.125. The number of rotatable bonds is 5. The minimum absolute atomic E-state index is 0.0355. The summed E-state index contributed by atoms with van der Waals surface area (Å²) < 4.78 is 28.5. The van der Waals surface area contributed by atoms with Gasteiger partial charge in [-0.2, -0.15) is 4.31 Å². The molecular formula is C26H30N4O4S. The van der Waals surface area contributed by atoms with E-state index in [-0.39, 0.29) is 29.5 Å². The van der Waals surface area contributed by atoms with Crippen molar-refractivity contribution in [3.63, 3.8) is 0 Å². The Labute approximate surface area is 205 Å². The average Bonchev–Trinajstić information content (AvgIpc) is 3.20. The second-order valence-corrected chi connectivity index (χ2v) is 11.4. The first-order valence-corrected chi connectivity index (χ1v) is 13.7. The fraction of sp³-hybridized carbons (Fsp3) is 0.423. The number of para-hydroxylation sites is 1. The first kappa shape index (κ1) is 23.7. The summed E-state index contributed by atoms with van der Waals surface area (Å²) in [7, 11) is -3.94. The van der Waals surface area contributed by atoms with Gasteiger partial charge in [0.05, 0.1) is 10.5 Å². The third-order valence-electron chi connectivity index (χ3n) is 7.32. The molecule has 3 aliphatic rings. The molecule has 0 aromatic heterocycles. The maximum atomic E-state index is 13.6. The van der Waals surface area contributed by atoms with Gasteiger partial charge in [-0.25, -0.2) is 8.42 Å². The monoisotopic (exact) mass is 494 g/mol. The van der Waals surface area contributed by atoms with Crippen LogP contribution >= 0.6 is 0 Å². The summed E-state index contributed by atoms with van der Waals surface area (Å²) in [5.74, 6) is 0.483. The van der Waals surface area contributed by atoms with E-state index < -0.39 is 21.5 Å². The number of aliphatic imine (C=N–C) groups is 1. The van der Waals surface area contributed by atoms with Crippen molar-refractivity contribution in [3.8, 4) is 0 Å². The number of anilines is 1. The first-order chi connectivity index (χ1) is 16.9. The van der Waals surface area contributed by atoms with Crippen molar-refractivity contribution >= 4 is 33.4 Å². The summed E-state index contributed by atoms with van der Waals surface area (Å²) in [5, 5.41) is 5.77. The number of hydrogen-bond donors (Lipinski definition) is 2. The van der Waals surface area contributed by atoms with Crippen molar-refractivity contribution < 1.29 is 18.0 Å². The second kappa shape index (κ2) is 9.54. The normalized spacial score (nSPS) is 20.9. The number of carbonyl (C=O) groups excluding carboxylic acids is 2. The van der Waals surface area contributed by atoms with Crippen LogP contribution in [0, 0.1) is 5.92 Å². The Morgan fingerprint density at radius 3 is 2.34 bits per heavy atom. The van der Waals surface area contributed by atoms with Crippen LogP contribution in [0.5, 0.6) is 0 Å². The smallest absolute Gasteiger partial charge is 0.257 e. The van der Waals surface area contributed by atoms with Crippen molar-refractivity contribution in [2.45, 2.75) is 55.4 Å². The number of hydrogen-bond acceptors (Lipinski definition) is 5. The largest absolute Gasteiger partial charge is 0.322 e. The minimum Gasteiger partial charge on any atom is -0.322 e. The van der Waals surface area contributed by atoms with E-state index in [2.05, 4.69) is 10.6 Å². The summed E-state index contributed by atoms with van der Waals surface area (Å²) in [6.07, 6.45) is 6.25. The van der Waals surface area contributed by atoms with Gasteiger partial charge in [0.15, 0.2) is 0 Å². The van der Waals surface area contributed by atoms with E-state index >= 15 is 0 Å². The number of amidine groups is 1. The van der Waals surface area contributed by atoms with Gasteiger partial charge in [0.1, 0.15) is 11.4 Å². The number of nitrogens with zero attached hydrogens (tertiary/aromatic N) is 2. The van der Waals surface area contributed by atoms with E-state index in [1.165, 1.54) is 22.9 Å². The first-order valence-electron chi connectivity index (χ1n) is 12.3. The molecule has 2 amide bonds. The van der Waals surface area contributed by atoms with Crippen molar-refractivity contribution in [2.24, 2.45) is 10.9 Å². The predicted octanol–water partition coefficient (Wildman–Crippen LogP) is 3.57. The van der Waals surface area contributed by atoms with E-state index in [4.69, 9.17) is 4.99 Å². The van der Waals surface area contributed by atoms with Crippen LogP contribution in [0.3, 0.4) is 0 Å². The molecule has 1 saturated carbocycles. The Morgan fingerprint density at radius 2 is 1.63 bits per heavy atom. The summed E-state index contributed by atoms with van der Waals surface area (Å²) in [6, 6.07) is 15.2. The van der Waals surface area contributed by atoms with Crippen molar-refractivity contribution in [1.82, 2.24) is 9.62 Å². The molecule has 1 spiro atoms. The van der Waals surface area contributed by atoms with Crippen molar-refractivity contribution in [1.29, 1.82) is 0 Å². The summed E-state index contributed by atoms with van der Waals surface area (Å²) >= 11 is 0. The number of amides is 2. The molecule has 184 valence electrons. The molecule has 0 radical (unpaired) electrons. The van der Waals surface area contributed by atoms with Crippen LogP contribution < -0.4 is 10.6 Å².